The quantitative estimate of drug-likeness (QED) is 0.494. The molecule has 1 fully saturated rings. The van der Waals surface area contributed by atoms with E-state index >= 15 is 0 Å². The molecule has 2 aliphatic rings. The molecule has 0 spiro atoms. The lowest BCUT2D eigenvalue weighted by atomic mass is 9.94. The van der Waals surface area contributed by atoms with Gasteiger partial charge in [0.15, 0.2) is 5.13 Å². The summed E-state index contributed by atoms with van der Waals surface area (Å²) in [5, 5.41) is 13.7. The van der Waals surface area contributed by atoms with Crippen LogP contribution in [0.25, 0.3) is 11.1 Å². The Balaban J connectivity index is 1.36. The van der Waals surface area contributed by atoms with Crippen molar-refractivity contribution in [2.24, 2.45) is 0 Å². The normalized spacial score (nSPS) is 18.8. The number of pyridine rings is 2. The summed E-state index contributed by atoms with van der Waals surface area (Å²) >= 11 is 7.70. The van der Waals surface area contributed by atoms with Crippen molar-refractivity contribution in [1.82, 2.24) is 19.9 Å². The van der Waals surface area contributed by atoms with Crippen LogP contribution in [0.2, 0.25) is 5.15 Å². The van der Waals surface area contributed by atoms with Crippen molar-refractivity contribution in [2.45, 2.75) is 51.2 Å². The summed E-state index contributed by atoms with van der Waals surface area (Å²) in [5.41, 5.74) is 3.60. The van der Waals surface area contributed by atoms with Crippen molar-refractivity contribution in [1.29, 1.82) is 0 Å². The van der Waals surface area contributed by atoms with E-state index in [9.17, 15) is 9.90 Å². The number of aliphatic hydroxyl groups excluding tert-OH is 1. The molecule has 2 N–H and O–H groups in total. The van der Waals surface area contributed by atoms with Crippen molar-refractivity contribution in [3.05, 3.63) is 51.5 Å². The highest BCUT2D eigenvalue weighted by atomic mass is 35.5. The molecular weight excluding hydrogens is 486 g/mol. The first-order valence-corrected chi connectivity index (χ1v) is 13.0. The van der Waals surface area contributed by atoms with Gasteiger partial charge in [0.1, 0.15) is 10.9 Å². The van der Waals surface area contributed by atoms with Crippen LogP contribution in [0.3, 0.4) is 0 Å². The Morgan fingerprint density at radius 2 is 2.00 bits per heavy atom. The summed E-state index contributed by atoms with van der Waals surface area (Å²) in [5.74, 6) is 0.241. The number of anilines is 1. The number of aryl methyl sites for hydroxylation is 2. The molecular formula is C25H28ClN5O3S. The van der Waals surface area contributed by atoms with Crippen LogP contribution in [-0.4, -0.2) is 63.2 Å². The van der Waals surface area contributed by atoms with Gasteiger partial charge in [-0.1, -0.05) is 11.6 Å². The van der Waals surface area contributed by atoms with Gasteiger partial charge in [0.05, 0.1) is 30.7 Å². The van der Waals surface area contributed by atoms with E-state index in [1.165, 1.54) is 4.88 Å². The Kier molecular flexibility index (Phi) is 7.02. The van der Waals surface area contributed by atoms with Gasteiger partial charge in [-0.15, -0.1) is 11.3 Å². The van der Waals surface area contributed by atoms with E-state index < -0.39 is 0 Å². The molecule has 4 heterocycles. The Bertz CT molecular complexity index is 1240. The fourth-order valence-corrected chi connectivity index (χ4v) is 6.12. The molecule has 10 heteroatoms. The number of carbonyl (C=O) groups excluding carboxylic acids is 1. The Morgan fingerprint density at radius 3 is 2.77 bits per heavy atom. The van der Waals surface area contributed by atoms with Gasteiger partial charge in [0.2, 0.25) is 0 Å². The highest BCUT2D eigenvalue weighted by molar-refractivity contribution is 7.15. The van der Waals surface area contributed by atoms with Crippen molar-refractivity contribution in [3.63, 3.8) is 0 Å². The first-order chi connectivity index (χ1) is 16.9. The third-order valence-electron chi connectivity index (χ3n) is 6.78. The van der Waals surface area contributed by atoms with Crippen LogP contribution < -0.4 is 10.1 Å². The number of aromatic nitrogens is 3. The minimum absolute atomic E-state index is 0.167. The van der Waals surface area contributed by atoms with Crippen molar-refractivity contribution in [2.75, 3.05) is 25.5 Å². The van der Waals surface area contributed by atoms with E-state index in [4.69, 9.17) is 21.3 Å². The maximum atomic E-state index is 13.4. The fraction of sp³-hybridized carbons (Fsp3) is 0.440. The van der Waals surface area contributed by atoms with Gasteiger partial charge in [0, 0.05) is 47.0 Å². The van der Waals surface area contributed by atoms with E-state index in [1.54, 1.807) is 36.9 Å². The molecule has 1 atom stereocenters. The number of ether oxygens (including phenoxy) is 1. The number of nitrogens with one attached hydrogen (secondary N) is 1. The summed E-state index contributed by atoms with van der Waals surface area (Å²) in [6.45, 7) is 3.75. The van der Waals surface area contributed by atoms with Gasteiger partial charge in [-0.25, -0.2) is 9.97 Å². The molecule has 3 aromatic heterocycles. The molecule has 8 nitrogen and oxygen atoms in total. The summed E-state index contributed by atoms with van der Waals surface area (Å²) < 4.78 is 5.47. The van der Waals surface area contributed by atoms with Crippen LogP contribution in [0, 0.1) is 6.92 Å². The van der Waals surface area contributed by atoms with Crippen LogP contribution in [0.5, 0.6) is 5.75 Å². The van der Waals surface area contributed by atoms with Gasteiger partial charge in [-0.05, 0) is 51.2 Å². The van der Waals surface area contributed by atoms with Crippen LogP contribution in [-0.2, 0) is 12.8 Å². The minimum atomic E-state index is -0.282. The van der Waals surface area contributed by atoms with Gasteiger partial charge >= 0.3 is 0 Å². The number of likely N-dealkylation sites (tertiary alicyclic amines) is 1. The monoisotopic (exact) mass is 513 g/mol. The molecule has 0 bridgehead atoms. The zero-order valence-electron chi connectivity index (χ0n) is 19.8. The number of rotatable bonds is 5. The number of carbonyl (C=O) groups is 1. The Labute approximate surface area is 213 Å². The van der Waals surface area contributed by atoms with E-state index in [1.807, 2.05) is 13.0 Å². The van der Waals surface area contributed by atoms with Gasteiger partial charge in [0.25, 0.3) is 5.91 Å². The second-order valence-corrected chi connectivity index (χ2v) is 10.6. The largest absolute Gasteiger partial charge is 0.494 e. The van der Waals surface area contributed by atoms with Gasteiger partial charge in [-0.3, -0.25) is 20.0 Å². The van der Waals surface area contributed by atoms with Gasteiger partial charge < -0.3 is 9.84 Å². The zero-order chi connectivity index (χ0) is 24.5. The first-order valence-electron chi connectivity index (χ1n) is 11.8. The Hall–Kier alpha value is -2.59. The second-order valence-electron chi connectivity index (χ2n) is 9.09. The maximum absolute atomic E-state index is 13.4. The molecule has 1 unspecified atom stereocenters. The molecule has 3 aromatic rings. The van der Waals surface area contributed by atoms with Gasteiger partial charge in [-0.2, -0.15) is 0 Å². The number of aliphatic hydroxyl groups is 1. The molecule has 35 heavy (non-hydrogen) atoms. The van der Waals surface area contributed by atoms with Crippen molar-refractivity contribution < 1.29 is 14.6 Å². The lowest BCUT2D eigenvalue weighted by molar-refractivity contribution is 0.0572. The predicted molar refractivity (Wildman–Crippen MR) is 136 cm³/mol. The fourth-order valence-electron chi connectivity index (χ4n) is 4.89. The molecule has 1 amide bonds. The number of piperidine rings is 1. The molecule has 184 valence electrons. The number of methoxy groups -OCH3 is 1. The third kappa shape index (κ3) is 5.18. The molecule has 0 saturated carbocycles. The van der Waals surface area contributed by atoms with Crippen molar-refractivity contribution >= 4 is 34.0 Å². The van der Waals surface area contributed by atoms with Crippen LogP contribution in [0.1, 0.15) is 45.9 Å². The molecule has 5 rings (SSSR count). The van der Waals surface area contributed by atoms with E-state index in [-0.39, 0.29) is 12.0 Å². The average Bonchev–Trinajstić information content (AvgIpc) is 3.25. The highest BCUT2D eigenvalue weighted by Gasteiger charge is 2.30. The number of thiazole rings is 1. The second kappa shape index (κ2) is 10.2. The molecule has 1 saturated heterocycles. The smallest absolute Gasteiger partial charge is 0.259 e. The van der Waals surface area contributed by atoms with E-state index in [0.29, 0.717) is 38.8 Å². The lowest BCUT2D eigenvalue weighted by Crippen LogP contribution is -2.45. The summed E-state index contributed by atoms with van der Waals surface area (Å²) in [6.07, 6.45) is 7.51. The summed E-state index contributed by atoms with van der Waals surface area (Å²) in [6, 6.07) is 4.00. The average molecular weight is 514 g/mol. The number of hydrogen-bond donors (Lipinski definition) is 2. The van der Waals surface area contributed by atoms with Crippen LogP contribution in [0.15, 0.2) is 24.5 Å². The third-order valence-corrected chi connectivity index (χ3v) is 8.02. The standard InChI is InChI=1S/C25H28ClN5O3S/c1-14-9-17(18-11-23(26)28-13-21(18)34-2)19(12-27-14)24(33)30-25-29-20-4-3-15(10-22(20)35-25)31-7-5-16(32)6-8-31/h9,11-13,15-16,32H,3-8,10H2,1-2H3,(H,29,30,33). The topological polar surface area (TPSA) is 100 Å². The molecule has 1 aliphatic carbocycles. The van der Waals surface area contributed by atoms with E-state index in [2.05, 4.69) is 20.2 Å². The lowest BCUT2D eigenvalue weighted by Gasteiger charge is -2.37. The van der Waals surface area contributed by atoms with E-state index in [0.717, 1.165) is 56.6 Å². The maximum Gasteiger partial charge on any atom is 0.259 e. The number of hydrogen-bond acceptors (Lipinski definition) is 8. The van der Waals surface area contributed by atoms with Crippen LogP contribution >= 0.6 is 22.9 Å². The SMILES string of the molecule is COc1cnc(Cl)cc1-c1cc(C)ncc1C(=O)Nc1nc2c(s1)CC(N1CCC(O)CC1)CC2. The minimum Gasteiger partial charge on any atom is -0.494 e. The summed E-state index contributed by atoms with van der Waals surface area (Å²) in [4.78, 5) is 30.2. The van der Waals surface area contributed by atoms with Crippen molar-refractivity contribution in [3.8, 4) is 16.9 Å². The predicted octanol–water partition coefficient (Wildman–Crippen LogP) is 4.14. The van der Waals surface area contributed by atoms with Crippen LogP contribution in [0.4, 0.5) is 5.13 Å². The highest BCUT2D eigenvalue weighted by Crippen LogP contribution is 2.36. The number of nitrogens with zero attached hydrogens (tertiary/aromatic N) is 4. The summed E-state index contributed by atoms with van der Waals surface area (Å²) in [7, 11) is 1.56. The number of fused-ring (bicyclic) bond motifs is 1. The zero-order valence-corrected chi connectivity index (χ0v) is 21.3. The Morgan fingerprint density at radius 1 is 1.20 bits per heavy atom. The molecule has 1 aliphatic heterocycles. The molecule has 0 radical (unpaired) electrons. The molecule has 0 aromatic carbocycles. The number of halogens is 1. The first kappa shape index (κ1) is 24.1. The number of amides is 1.